The standard InChI is InChI=1S/C18H17N3O2/c1-13-16(17(23-21-13)15-5-3-2-4-6-15)18(22)20-12-9-14-7-10-19-11-8-14/h2-8,10-11H,9,12H2,1H3,(H,20,22). The van der Waals surface area contributed by atoms with E-state index in [1.54, 1.807) is 19.3 Å². The molecule has 0 aliphatic rings. The number of amides is 1. The predicted molar refractivity (Wildman–Crippen MR) is 87.0 cm³/mol. The molecule has 2 aromatic heterocycles. The van der Waals surface area contributed by atoms with Gasteiger partial charge in [-0.05, 0) is 31.0 Å². The summed E-state index contributed by atoms with van der Waals surface area (Å²) in [6, 6.07) is 13.4. The number of carbonyl (C=O) groups is 1. The lowest BCUT2D eigenvalue weighted by atomic mass is 10.1. The fourth-order valence-electron chi connectivity index (χ4n) is 2.38. The van der Waals surface area contributed by atoms with Gasteiger partial charge in [0.15, 0.2) is 5.76 Å². The first-order valence-electron chi connectivity index (χ1n) is 7.44. The summed E-state index contributed by atoms with van der Waals surface area (Å²) in [6.45, 7) is 2.31. The van der Waals surface area contributed by atoms with Crippen LogP contribution in [0.1, 0.15) is 21.6 Å². The molecule has 5 heteroatoms. The van der Waals surface area contributed by atoms with Crippen LogP contribution in [0.15, 0.2) is 59.4 Å². The van der Waals surface area contributed by atoms with Gasteiger partial charge in [0.05, 0.1) is 5.69 Å². The van der Waals surface area contributed by atoms with Gasteiger partial charge in [0, 0.05) is 24.5 Å². The van der Waals surface area contributed by atoms with Gasteiger partial charge in [-0.15, -0.1) is 0 Å². The number of hydrogen-bond donors (Lipinski definition) is 1. The predicted octanol–water partition coefficient (Wildman–Crippen LogP) is 3.02. The Balaban J connectivity index is 1.71. The van der Waals surface area contributed by atoms with Gasteiger partial charge in [-0.3, -0.25) is 9.78 Å². The minimum Gasteiger partial charge on any atom is -0.355 e. The van der Waals surface area contributed by atoms with Crippen molar-refractivity contribution in [2.75, 3.05) is 6.54 Å². The van der Waals surface area contributed by atoms with Crippen molar-refractivity contribution in [3.8, 4) is 11.3 Å². The van der Waals surface area contributed by atoms with Crippen molar-refractivity contribution in [2.45, 2.75) is 13.3 Å². The van der Waals surface area contributed by atoms with Gasteiger partial charge in [0.1, 0.15) is 5.56 Å². The van der Waals surface area contributed by atoms with Crippen LogP contribution in [0, 0.1) is 6.92 Å². The van der Waals surface area contributed by atoms with Gasteiger partial charge >= 0.3 is 0 Å². The molecular formula is C18H17N3O2. The molecule has 0 fully saturated rings. The lowest BCUT2D eigenvalue weighted by molar-refractivity contribution is 0.0954. The van der Waals surface area contributed by atoms with Crippen LogP contribution in [-0.4, -0.2) is 22.6 Å². The number of nitrogens with zero attached hydrogens (tertiary/aromatic N) is 2. The van der Waals surface area contributed by atoms with Crippen molar-refractivity contribution in [3.63, 3.8) is 0 Å². The fourth-order valence-corrected chi connectivity index (χ4v) is 2.38. The zero-order valence-electron chi connectivity index (χ0n) is 12.8. The first kappa shape index (κ1) is 15.0. The fraction of sp³-hybridized carbons (Fsp3) is 0.167. The Hall–Kier alpha value is -2.95. The molecule has 1 aromatic carbocycles. The summed E-state index contributed by atoms with van der Waals surface area (Å²) >= 11 is 0. The largest absolute Gasteiger partial charge is 0.355 e. The highest BCUT2D eigenvalue weighted by molar-refractivity contribution is 6.00. The number of nitrogens with one attached hydrogen (secondary N) is 1. The Labute approximate surface area is 134 Å². The number of hydrogen-bond acceptors (Lipinski definition) is 4. The Morgan fingerprint density at radius 2 is 1.87 bits per heavy atom. The Morgan fingerprint density at radius 3 is 2.61 bits per heavy atom. The van der Waals surface area contributed by atoms with Crippen LogP contribution in [0.25, 0.3) is 11.3 Å². The third-order valence-electron chi connectivity index (χ3n) is 3.57. The highest BCUT2D eigenvalue weighted by atomic mass is 16.5. The molecule has 0 aliphatic heterocycles. The van der Waals surface area contributed by atoms with Crippen molar-refractivity contribution < 1.29 is 9.32 Å². The molecule has 2 heterocycles. The molecule has 0 saturated carbocycles. The molecule has 1 N–H and O–H groups in total. The SMILES string of the molecule is Cc1noc(-c2ccccc2)c1C(=O)NCCc1ccncc1. The monoisotopic (exact) mass is 307 g/mol. The zero-order chi connectivity index (χ0) is 16.1. The molecular weight excluding hydrogens is 290 g/mol. The molecule has 1 amide bonds. The van der Waals surface area contributed by atoms with E-state index in [1.165, 1.54) is 0 Å². The minimum absolute atomic E-state index is 0.170. The summed E-state index contributed by atoms with van der Waals surface area (Å²) < 4.78 is 5.35. The van der Waals surface area contributed by atoms with Crippen LogP contribution < -0.4 is 5.32 Å². The molecule has 0 radical (unpaired) electrons. The second-order valence-corrected chi connectivity index (χ2v) is 5.20. The lowest BCUT2D eigenvalue weighted by Crippen LogP contribution is -2.26. The Bertz CT molecular complexity index is 783. The first-order chi connectivity index (χ1) is 11.3. The smallest absolute Gasteiger partial charge is 0.257 e. The second-order valence-electron chi connectivity index (χ2n) is 5.20. The van der Waals surface area contributed by atoms with E-state index in [4.69, 9.17) is 4.52 Å². The number of aromatic nitrogens is 2. The molecule has 0 bridgehead atoms. The van der Waals surface area contributed by atoms with Crippen molar-refractivity contribution in [1.82, 2.24) is 15.5 Å². The van der Waals surface area contributed by atoms with Crippen LogP contribution >= 0.6 is 0 Å². The maximum atomic E-state index is 12.5. The van der Waals surface area contributed by atoms with Crippen molar-refractivity contribution >= 4 is 5.91 Å². The number of carbonyl (C=O) groups excluding carboxylic acids is 1. The number of pyridine rings is 1. The van der Waals surface area contributed by atoms with Gasteiger partial charge in [0.25, 0.3) is 5.91 Å². The third-order valence-corrected chi connectivity index (χ3v) is 3.57. The first-order valence-corrected chi connectivity index (χ1v) is 7.44. The van der Waals surface area contributed by atoms with E-state index in [2.05, 4.69) is 15.5 Å². The molecule has 3 aromatic rings. The van der Waals surface area contributed by atoms with Crippen LogP contribution in [0.5, 0.6) is 0 Å². The molecule has 0 spiro atoms. The van der Waals surface area contributed by atoms with Crippen LogP contribution in [0.2, 0.25) is 0 Å². The maximum absolute atomic E-state index is 12.5. The van der Waals surface area contributed by atoms with Gasteiger partial charge in [-0.2, -0.15) is 0 Å². The van der Waals surface area contributed by atoms with Crippen molar-refractivity contribution in [2.24, 2.45) is 0 Å². The highest BCUT2D eigenvalue weighted by Gasteiger charge is 2.21. The van der Waals surface area contributed by atoms with Crippen LogP contribution in [-0.2, 0) is 6.42 Å². The molecule has 0 atom stereocenters. The van der Waals surface area contributed by atoms with E-state index in [0.29, 0.717) is 23.6 Å². The van der Waals surface area contributed by atoms with E-state index >= 15 is 0 Å². The Kier molecular flexibility index (Phi) is 4.47. The molecule has 5 nitrogen and oxygen atoms in total. The molecule has 0 unspecified atom stereocenters. The second kappa shape index (κ2) is 6.87. The number of rotatable bonds is 5. The molecule has 23 heavy (non-hydrogen) atoms. The van der Waals surface area contributed by atoms with E-state index in [9.17, 15) is 4.79 Å². The minimum atomic E-state index is -0.170. The normalized spacial score (nSPS) is 10.5. The highest BCUT2D eigenvalue weighted by Crippen LogP contribution is 2.25. The summed E-state index contributed by atoms with van der Waals surface area (Å²) in [4.78, 5) is 16.5. The maximum Gasteiger partial charge on any atom is 0.257 e. The van der Waals surface area contributed by atoms with E-state index in [0.717, 1.165) is 17.5 Å². The summed E-state index contributed by atoms with van der Waals surface area (Å²) in [6.07, 6.45) is 4.24. The molecule has 3 rings (SSSR count). The number of aryl methyl sites for hydroxylation is 1. The summed E-state index contributed by atoms with van der Waals surface area (Å²) in [5.74, 6) is 0.334. The topological polar surface area (TPSA) is 68.0 Å². The average molecular weight is 307 g/mol. The van der Waals surface area contributed by atoms with E-state index in [-0.39, 0.29) is 5.91 Å². The van der Waals surface area contributed by atoms with Crippen molar-refractivity contribution in [1.29, 1.82) is 0 Å². The summed E-state index contributed by atoms with van der Waals surface area (Å²) in [5, 5.41) is 6.86. The molecule has 0 saturated heterocycles. The third kappa shape index (κ3) is 3.45. The van der Waals surface area contributed by atoms with Crippen LogP contribution in [0.4, 0.5) is 0 Å². The van der Waals surface area contributed by atoms with E-state index in [1.807, 2.05) is 42.5 Å². The Morgan fingerprint density at radius 1 is 1.13 bits per heavy atom. The molecule has 0 aliphatic carbocycles. The van der Waals surface area contributed by atoms with Gasteiger partial charge in [-0.1, -0.05) is 35.5 Å². The van der Waals surface area contributed by atoms with Crippen molar-refractivity contribution in [3.05, 3.63) is 71.7 Å². The van der Waals surface area contributed by atoms with Gasteiger partial charge in [-0.25, -0.2) is 0 Å². The molecule has 116 valence electrons. The summed E-state index contributed by atoms with van der Waals surface area (Å²) in [5.41, 5.74) is 3.05. The summed E-state index contributed by atoms with van der Waals surface area (Å²) in [7, 11) is 0. The zero-order valence-corrected chi connectivity index (χ0v) is 12.8. The van der Waals surface area contributed by atoms with E-state index < -0.39 is 0 Å². The van der Waals surface area contributed by atoms with Gasteiger partial charge in [0.2, 0.25) is 0 Å². The average Bonchev–Trinajstić information content (AvgIpc) is 2.98. The lowest BCUT2D eigenvalue weighted by Gasteiger charge is -2.06. The van der Waals surface area contributed by atoms with Gasteiger partial charge < -0.3 is 9.84 Å². The number of benzene rings is 1. The quantitative estimate of drug-likeness (QED) is 0.786. The van der Waals surface area contributed by atoms with Crippen LogP contribution in [0.3, 0.4) is 0 Å².